The quantitative estimate of drug-likeness (QED) is 0.854. The second-order valence-corrected chi connectivity index (χ2v) is 5.99. The molecule has 0 aliphatic carbocycles. The fraction of sp³-hybridized carbons (Fsp3) is 0.294. The molecular weight excluding hydrogens is 300 g/mol. The number of hydrogen-bond acceptors (Lipinski definition) is 1. The summed E-state index contributed by atoms with van der Waals surface area (Å²) in [5.74, 6) is 0.544. The van der Waals surface area contributed by atoms with Crippen LogP contribution in [0.15, 0.2) is 53.0 Å². The molecule has 2 aromatic carbocycles. The highest BCUT2D eigenvalue weighted by molar-refractivity contribution is 9.10. The van der Waals surface area contributed by atoms with Gasteiger partial charge in [-0.1, -0.05) is 72.2 Å². The van der Waals surface area contributed by atoms with Gasteiger partial charge in [-0.2, -0.15) is 0 Å². The molecule has 0 heterocycles. The molecule has 2 rings (SSSR count). The van der Waals surface area contributed by atoms with Gasteiger partial charge in [0.1, 0.15) is 0 Å². The van der Waals surface area contributed by atoms with E-state index in [9.17, 15) is 5.11 Å². The van der Waals surface area contributed by atoms with Crippen molar-refractivity contribution in [1.29, 1.82) is 0 Å². The first-order chi connectivity index (χ1) is 9.08. The van der Waals surface area contributed by atoms with Gasteiger partial charge in [-0.15, -0.1) is 0 Å². The third-order valence-corrected chi connectivity index (χ3v) is 4.06. The second-order valence-electron chi connectivity index (χ2n) is 5.14. The molecule has 0 aromatic heterocycles. The molecule has 0 radical (unpaired) electrons. The third-order valence-electron chi connectivity index (χ3n) is 3.34. The summed E-state index contributed by atoms with van der Waals surface area (Å²) in [6.07, 6.45) is 0.168. The van der Waals surface area contributed by atoms with Crippen LogP contribution in [0.4, 0.5) is 0 Å². The molecule has 0 amide bonds. The fourth-order valence-corrected chi connectivity index (χ4v) is 2.67. The molecule has 1 nitrogen and oxygen atoms in total. The molecule has 0 bridgehead atoms. The Labute approximate surface area is 123 Å². The highest BCUT2D eigenvalue weighted by Gasteiger charge is 2.11. The van der Waals surface area contributed by atoms with E-state index in [4.69, 9.17) is 0 Å². The predicted octanol–water partition coefficient (Wildman–Crippen LogP) is 4.85. The summed E-state index contributed by atoms with van der Waals surface area (Å²) in [6.45, 7) is 4.37. The van der Waals surface area contributed by atoms with Crippen molar-refractivity contribution >= 4 is 15.9 Å². The average Bonchev–Trinajstić information content (AvgIpc) is 2.39. The number of hydrogen-bond donors (Lipinski definition) is 1. The second kappa shape index (κ2) is 6.36. The smallest absolute Gasteiger partial charge is 0.0841 e. The van der Waals surface area contributed by atoms with Crippen LogP contribution in [0.25, 0.3) is 0 Å². The maximum atomic E-state index is 10.3. The van der Waals surface area contributed by atoms with Crippen molar-refractivity contribution in [1.82, 2.24) is 0 Å². The van der Waals surface area contributed by atoms with Crippen LogP contribution in [-0.4, -0.2) is 5.11 Å². The van der Waals surface area contributed by atoms with Crippen molar-refractivity contribution in [2.24, 2.45) is 0 Å². The van der Waals surface area contributed by atoms with Crippen LogP contribution in [0.2, 0.25) is 0 Å². The summed E-state index contributed by atoms with van der Waals surface area (Å²) in [5, 5.41) is 10.3. The summed E-state index contributed by atoms with van der Waals surface area (Å²) in [7, 11) is 0. The first-order valence-corrected chi connectivity index (χ1v) is 7.38. The van der Waals surface area contributed by atoms with Crippen molar-refractivity contribution in [3.05, 3.63) is 69.7 Å². The topological polar surface area (TPSA) is 20.2 Å². The lowest BCUT2D eigenvalue weighted by molar-refractivity contribution is 0.177. The average molecular weight is 319 g/mol. The normalized spacial score (nSPS) is 12.7. The van der Waals surface area contributed by atoms with E-state index in [0.29, 0.717) is 12.3 Å². The summed E-state index contributed by atoms with van der Waals surface area (Å²) in [6, 6.07) is 16.3. The predicted molar refractivity (Wildman–Crippen MR) is 83.3 cm³/mol. The maximum absolute atomic E-state index is 10.3. The monoisotopic (exact) mass is 318 g/mol. The van der Waals surface area contributed by atoms with Crippen LogP contribution in [0, 0.1) is 0 Å². The first kappa shape index (κ1) is 14.3. The Hall–Kier alpha value is -1.12. The van der Waals surface area contributed by atoms with Gasteiger partial charge >= 0.3 is 0 Å². The summed E-state index contributed by atoms with van der Waals surface area (Å²) >= 11 is 3.48. The van der Waals surface area contributed by atoms with Gasteiger partial charge < -0.3 is 5.11 Å². The van der Waals surface area contributed by atoms with E-state index in [0.717, 1.165) is 15.6 Å². The molecular formula is C17H19BrO. The van der Waals surface area contributed by atoms with Crippen LogP contribution in [0.1, 0.15) is 42.6 Å². The standard InChI is InChI=1S/C17H19BrO/c1-12(2)14-9-7-13(8-10-14)11-17(19)15-5-3-4-6-16(15)18/h3-10,12,17,19H,11H2,1-2H3. The first-order valence-electron chi connectivity index (χ1n) is 6.59. The highest BCUT2D eigenvalue weighted by atomic mass is 79.9. The van der Waals surface area contributed by atoms with Crippen molar-refractivity contribution in [2.45, 2.75) is 32.3 Å². The van der Waals surface area contributed by atoms with Crippen LogP contribution < -0.4 is 0 Å². The molecule has 0 fully saturated rings. The van der Waals surface area contributed by atoms with E-state index in [-0.39, 0.29) is 0 Å². The van der Waals surface area contributed by atoms with Crippen LogP contribution in [0.5, 0.6) is 0 Å². The Morgan fingerprint density at radius 2 is 1.63 bits per heavy atom. The van der Waals surface area contributed by atoms with Crippen molar-refractivity contribution in [3.8, 4) is 0 Å². The maximum Gasteiger partial charge on any atom is 0.0841 e. The number of halogens is 1. The van der Waals surface area contributed by atoms with Gasteiger partial charge in [0.05, 0.1) is 6.10 Å². The number of rotatable bonds is 4. The lowest BCUT2D eigenvalue weighted by atomic mass is 9.97. The molecule has 0 spiro atoms. The van der Waals surface area contributed by atoms with Crippen LogP contribution in [-0.2, 0) is 6.42 Å². The largest absolute Gasteiger partial charge is 0.388 e. The van der Waals surface area contributed by atoms with Gasteiger partial charge in [0.25, 0.3) is 0 Å². The molecule has 0 aliphatic heterocycles. The third kappa shape index (κ3) is 3.68. The molecule has 0 saturated carbocycles. The minimum Gasteiger partial charge on any atom is -0.388 e. The molecule has 1 N–H and O–H groups in total. The van der Waals surface area contributed by atoms with E-state index in [1.807, 2.05) is 24.3 Å². The van der Waals surface area contributed by atoms with Gasteiger partial charge in [-0.25, -0.2) is 0 Å². The Morgan fingerprint density at radius 1 is 1.00 bits per heavy atom. The van der Waals surface area contributed by atoms with Gasteiger partial charge in [0, 0.05) is 10.9 Å². The Kier molecular flexibility index (Phi) is 4.78. The van der Waals surface area contributed by atoms with Gasteiger partial charge in [0.15, 0.2) is 0 Å². The van der Waals surface area contributed by atoms with Gasteiger partial charge in [-0.05, 0) is 28.7 Å². The fourth-order valence-electron chi connectivity index (χ4n) is 2.12. The van der Waals surface area contributed by atoms with Crippen molar-refractivity contribution < 1.29 is 5.11 Å². The van der Waals surface area contributed by atoms with Crippen molar-refractivity contribution in [2.75, 3.05) is 0 Å². The Balaban J connectivity index is 2.11. The molecule has 1 unspecified atom stereocenters. The minimum absolute atomic E-state index is 0.472. The molecule has 19 heavy (non-hydrogen) atoms. The molecule has 0 aliphatic rings. The van der Waals surface area contributed by atoms with Crippen molar-refractivity contribution in [3.63, 3.8) is 0 Å². The molecule has 100 valence electrons. The molecule has 2 heteroatoms. The van der Waals surface area contributed by atoms with E-state index < -0.39 is 6.10 Å². The van der Waals surface area contributed by atoms with E-state index in [1.54, 1.807) is 0 Å². The lowest BCUT2D eigenvalue weighted by Crippen LogP contribution is -2.02. The zero-order valence-electron chi connectivity index (χ0n) is 11.3. The van der Waals surface area contributed by atoms with Gasteiger partial charge in [-0.3, -0.25) is 0 Å². The number of benzene rings is 2. The van der Waals surface area contributed by atoms with E-state index in [1.165, 1.54) is 5.56 Å². The lowest BCUT2D eigenvalue weighted by Gasteiger charge is -2.13. The van der Waals surface area contributed by atoms with E-state index in [2.05, 4.69) is 54.0 Å². The summed E-state index contributed by atoms with van der Waals surface area (Å²) in [5.41, 5.74) is 3.43. The van der Waals surface area contributed by atoms with E-state index >= 15 is 0 Å². The van der Waals surface area contributed by atoms with Gasteiger partial charge in [0.2, 0.25) is 0 Å². The van der Waals surface area contributed by atoms with Crippen LogP contribution in [0.3, 0.4) is 0 Å². The molecule has 1 atom stereocenters. The van der Waals surface area contributed by atoms with Crippen LogP contribution >= 0.6 is 15.9 Å². The number of aliphatic hydroxyl groups excluding tert-OH is 1. The highest BCUT2D eigenvalue weighted by Crippen LogP contribution is 2.26. The Bertz CT molecular complexity index is 531. The zero-order valence-corrected chi connectivity index (χ0v) is 12.9. The minimum atomic E-state index is -0.472. The Morgan fingerprint density at radius 3 is 2.21 bits per heavy atom. The zero-order chi connectivity index (χ0) is 13.8. The summed E-state index contributed by atoms with van der Waals surface area (Å²) in [4.78, 5) is 0. The SMILES string of the molecule is CC(C)c1ccc(CC(O)c2ccccc2Br)cc1. The molecule has 2 aromatic rings. The number of aliphatic hydroxyl groups is 1. The molecule has 0 saturated heterocycles. The summed E-state index contributed by atoms with van der Waals surface area (Å²) < 4.78 is 0.960.